The zero-order valence-corrected chi connectivity index (χ0v) is 4.59. The topological polar surface area (TPSA) is 85.0 Å². The van der Waals surface area contributed by atoms with Crippen LogP contribution >= 0.6 is 0 Å². The van der Waals surface area contributed by atoms with E-state index in [4.69, 9.17) is 15.9 Å². The highest BCUT2D eigenvalue weighted by Crippen LogP contribution is 1.74. The summed E-state index contributed by atoms with van der Waals surface area (Å²) in [4.78, 5) is 9.85. The fourth-order valence-electron chi connectivity index (χ4n) is 0.216. The van der Waals surface area contributed by atoms with Crippen LogP contribution in [0.15, 0.2) is 12.2 Å². The molecule has 0 fully saturated rings. The molecule has 0 radical (unpaired) electrons. The molecule has 4 heteroatoms. The number of carbonyl (C=O) groups is 1. The van der Waals surface area contributed by atoms with Gasteiger partial charge in [-0.2, -0.15) is 0 Å². The van der Waals surface area contributed by atoms with Crippen molar-refractivity contribution in [1.82, 2.24) is 0 Å². The molecule has 0 rings (SSSR count). The van der Waals surface area contributed by atoms with E-state index in [1.807, 2.05) is 0 Å². The SMILES string of the molecule is N=C/C=C\C(=N)C(=O)O. The minimum atomic E-state index is -1.28. The van der Waals surface area contributed by atoms with Gasteiger partial charge in [0.1, 0.15) is 5.71 Å². The summed E-state index contributed by atoms with van der Waals surface area (Å²) in [6.45, 7) is 0. The second-order valence-corrected chi connectivity index (χ2v) is 1.24. The van der Waals surface area contributed by atoms with Crippen LogP contribution in [0.1, 0.15) is 0 Å². The third-order valence-corrected chi connectivity index (χ3v) is 0.590. The molecule has 0 heterocycles. The molecule has 0 aliphatic rings. The lowest BCUT2D eigenvalue weighted by Gasteiger charge is -1.82. The Labute approximate surface area is 51.8 Å². The zero-order chi connectivity index (χ0) is 7.28. The van der Waals surface area contributed by atoms with Crippen LogP contribution in [-0.2, 0) is 4.79 Å². The fourth-order valence-corrected chi connectivity index (χ4v) is 0.216. The second-order valence-electron chi connectivity index (χ2n) is 1.24. The Balaban J connectivity index is 3.92. The number of aliphatic carboxylic acids is 1. The third-order valence-electron chi connectivity index (χ3n) is 0.590. The summed E-state index contributed by atoms with van der Waals surface area (Å²) in [5.74, 6) is -1.28. The molecule has 0 aromatic heterocycles. The molecule has 0 saturated heterocycles. The molecule has 9 heavy (non-hydrogen) atoms. The van der Waals surface area contributed by atoms with Crippen molar-refractivity contribution in [1.29, 1.82) is 10.8 Å². The minimum absolute atomic E-state index is 0.515. The summed E-state index contributed by atoms with van der Waals surface area (Å²) in [6.07, 6.45) is 3.13. The van der Waals surface area contributed by atoms with Crippen LogP contribution in [0.4, 0.5) is 0 Å². The molecule has 0 aliphatic heterocycles. The molecule has 0 aromatic rings. The van der Waals surface area contributed by atoms with Crippen molar-refractivity contribution in [3.05, 3.63) is 12.2 Å². The van der Waals surface area contributed by atoms with Crippen molar-refractivity contribution in [2.45, 2.75) is 0 Å². The molecule has 0 aliphatic carbocycles. The van der Waals surface area contributed by atoms with Gasteiger partial charge in [0.25, 0.3) is 0 Å². The van der Waals surface area contributed by atoms with Crippen LogP contribution < -0.4 is 0 Å². The van der Waals surface area contributed by atoms with Gasteiger partial charge in [0.15, 0.2) is 0 Å². The first kappa shape index (κ1) is 7.55. The van der Waals surface area contributed by atoms with E-state index in [2.05, 4.69) is 0 Å². The number of nitrogens with one attached hydrogen (secondary N) is 2. The highest BCUT2D eigenvalue weighted by Gasteiger charge is 1.98. The van der Waals surface area contributed by atoms with Crippen LogP contribution in [0.3, 0.4) is 0 Å². The molecule has 0 saturated carbocycles. The van der Waals surface area contributed by atoms with E-state index in [9.17, 15) is 4.79 Å². The summed E-state index contributed by atoms with van der Waals surface area (Å²) >= 11 is 0. The highest BCUT2D eigenvalue weighted by molar-refractivity contribution is 6.39. The predicted molar refractivity (Wildman–Crippen MR) is 33.3 cm³/mol. The molecule has 4 nitrogen and oxygen atoms in total. The Morgan fingerprint density at radius 1 is 1.56 bits per heavy atom. The van der Waals surface area contributed by atoms with E-state index in [1.54, 1.807) is 0 Å². The Morgan fingerprint density at radius 2 is 2.11 bits per heavy atom. The zero-order valence-electron chi connectivity index (χ0n) is 4.59. The van der Waals surface area contributed by atoms with Gasteiger partial charge in [0.05, 0.1) is 0 Å². The molecule has 0 unspecified atom stereocenters. The summed E-state index contributed by atoms with van der Waals surface area (Å²) in [5.41, 5.74) is -0.515. The van der Waals surface area contributed by atoms with Gasteiger partial charge in [-0.05, 0) is 12.2 Å². The van der Waals surface area contributed by atoms with Gasteiger partial charge in [-0.1, -0.05) is 0 Å². The summed E-state index contributed by atoms with van der Waals surface area (Å²) in [6, 6.07) is 0. The maximum Gasteiger partial charge on any atom is 0.353 e. The molecule has 0 aromatic carbocycles. The molecule has 0 amide bonds. The maximum absolute atomic E-state index is 9.85. The first-order valence-corrected chi connectivity index (χ1v) is 2.17. The summed E-state index contributed by atoms with van der Waals surface area (Å²) in [5, 5.41) is 21.2. The van der Waals surface area contributed by atoms with Crippen molar-refractivity contribution >= 4 is 17.9 Å². The molecule has 48 valence electrons. The molecular weight excluding hydrogens is 120 g/mol. The minimum Gasteiger partial charge on any atom is -0.477 e. The standard InChI is InChI=1S/C5H6N2O2/c6-3-1-2-4(7)5(8)9/h1-3,6-7H,(H,8,9)/b2-1-,6-3?,7-4?. The van der Waals surface area contributed by atoms with Crippen molar-refractivity contribution in [3.63, 3.8) is 0 Å². The van der Waals surface area contributed by atoms with Crippen molar-refractivity contribution in [3.8, 4) is 0 Å². The molecule has 3 N–H and O–H groups in total. The Morgan fingerprint density at radius 3 is 2.44 bits per heavy atom. The van der Waals surface area contributed by atoms with Gasteiger partial charge in [-0.25, -0.2) is 4.79 Å². The fraction of sp³-hybridized carbons (Fsp3) is 0. The van der Waals surface area contributed by atoms with Gasteiger partial charge >= 0.3 is 5.97 Å². The first-order chi connectivity index (χ1) is 4.18. The number of carboxylic acids is 1. The average molecular weight is 126 g/mol. The Kier molecular flexibility index (Phi) is 2.97. The normalized spacial score (nSPS) is 9.33. The van der Waals surface area contributed by atoms with Crippen molar-refractivity contribution in [2.75, 3.05) is 0 Å². The van der Waals surface area contributed by atoms with Gasteiger partial charge in [0.2, 0.25) is 0 Å². The lowest BCUT2D eigenvalue weighted by Crippen LogP contribution is -2.07. The molecule has 0 atom stereocenters. The maximum atomic E-state index is 9.85. The van der Waals surface area contributed by atoms with Crippen LogP contribution in [0.2, 0.25) is 0 Å². The van der Waals surface area contributed by atoms with Crippen molar-refractivity contribution < 1.29 is 9.90 Å². The van der Waals surface area contributed by atoms with E-state index in [1.165, 1.54) is 6.08 Å². The third kappa shape index (κ3) is 3.16. The smallest absolute Gasteiger partial charge is 0.353 e. The molecule has 0 bridgehead atoms. The Hall–Kier alpha value is -1.45. The molecule has 0 spiro atoms. The predicted octanol–water partition coefficient (Wildman–Crippen LogP) is 0.297. The van der Waals surface area contributed by atoms with E-state index >= 15 is 0 Å². The summed E-state index contributed by atoms with van der Waals surface area (Å²) in [7, 11) is 0. The highest BCUT2D eigenvalue weighted by atomic mass is 16.4. The van der Waals surface area contributed by atoms with Gasteiger partial charge < -0.3 is 10.5 Å². The number of carboxylic acid groups (broad SMARTS) is 1. The second kappa shape index (κ2) is 3.54. The number of rotatable bonds is 3. The molecular formula is C5H6N2O2. The summed E-state index contributed by atoms with van der Waals surface area (Å²) < 4.78 is 0. The van der Waals surface area contributed by atoms with Gasteiger partial charge in [0, 0.05) is 6.21 Å². The quantitative estimate of drug-likeness (QED) is 0.475. The number of hydrogen-bond donors (Lipinski definition) is 3. The van der Waals surface area contributed by atoms with Crippen molar-refractivity contribution in [2.24, 2.45) is 0 Å². The Bertz CT molecular complexity index is 172. The average Bonchev–Trinajstić information content (AvgIpc) is 1.82. The van der Waals surface area contributed by atoms with Crippen LogP contribution in [0.5, 0.6) is 0 Å². The van der Waals surface area contributed by atoms with Crippen LogP contribution in [0.25, 0.3) is 0 Å². The van der Waals surface area contributed by atoms with Gasteiger partial charge in [-0.3, -0.25) is 5.41 Å². The largest absolute Gasteiger partial charge is 0.477 e. The number of allylic oxidation sites excluding steroid dienone is 1. The first-order valence-electron chi connectivity index (χ1n) is 2.17. The van der Waals surface area contributed by atoms with E-state index in [0.717, 1.165) is 12.3 Å². The van der Waals surface area contributed by atoms with Gasteiger partial charge in [-0.15, -0.1) is 0 Å². The van der Waals surface area contributed by atoms with E-state index < -0.39 is 11.7 Å². The van der Waals surface area contributed by atoms with E-state index in [0.29, 0.717) is 0 Å². The van der Waals surface area contributed by atoms with Crippen LogP contribution in [-0.4, -0.2) is 23.0 Å². The lowest BCUT2D eigenvalue weighted by molar-refractivity contribution is -0.129. The monoisotopic (exact) mass is 126 g/mol. The lowest BCUT2D eigenvalue weighted by atomic mass is 10.3. The van der Waals surface area contributed by atoms with E-state index in [-0.39, 0.29) is 0 Å². The van der Waals surface area contributed by atoms with Crippen LogP contribution in [0, 0.1) is 10.8 Å². The number of hydrogen-bond acceptors (Lipinski definition) is 3.